The third-order valence-corrected chi connectivity index (χ3v) is 1.35. The van der Waals surface area contributed by atoms with Crippen molar-refractivity contribution in [3.05, 3.63) is 6.92 Å². The molecule has 0 aliphatic rings. The quantitative estimate of drug-likeness (QED) is 0.537. The van der Waals surface area contributed by atoms with Crippen LogP contribution in [0.2, 0.25) is 0 Å². The number of amides is 1. The van der Waals surface area contributed by atoms with E-state index in [1.54, 1.807) is 0 Å². The fourth-order valence-corrected chi connectivity index (χ4v) is 0.785. The largest absolute Gasteiger partial charge is 0.391 e. The molecule has 0 bridgehead atoms. The number of carbonyl (C=O) groups is 1. The van der Waals surface area contributed by atoms with Crippen molar-refractivity contribution < 1.29 is 9.90 Å². The molecule has 0 aromatic rings. The van der Waals surface area contributed by atoms with E-state index in [2.05, 4.69) is 12.2 Å². The second kappa shape index (κ2) is 5.23. The number of rotatable bonds is 5. The molecule has 10 heavy (non-hydrogen) atoms. The second-order valence-corrected chi connectivity index (χ2v) is 2.25. The first-order chi connectivity index (χ1) is 4.72. The van der Waals surface area contributed by atoms with Crippen LogP contribution >= 0.6 is 0 Å². The highest BCUT2D eigenvalue weighted by molar-refractivity contribution is 5.46. The van der Waals surface area contributed by atoms with E-state index in [0.29, 0.717) is 6.41 Å². The van der Waals surface area contributed by atoms with Gasteiger partial charge < -0.3 is 10.4 Å². The SMILES string of the molecule is [CH2]C(O)C(CCC)NC=O. The highest BCUT2D eigenvalue weighted by Crippen LogP contribution is 1.99. The Balaban J connectivity index is 3.60. The van der Waals surface area contributed by atoms with Gasteiger partial charge in [-0.15, -0.1) is 0 Å². The minimum atomic E-state index is -0.704. The van der Waals surface area contributed by atoms with Gasteiger partial charge in [-0.2, -0.15) is 0 Å². The summed E-state index contributed by atoms with van der Waals surface area (Å²) in [6.07, 6.45) is 1.58. The Labute approximate surface area is 61.4 Å². The van der Waals surface area contributed by atoms with Crippen LogP contribution in [-0.4, -0.2) is 23.7 Å². The molecule has 2 N–H and O–H groups in total. The Morgan fingerprint density at radius 2 is 2.40 bits per heavy atom. The average molecular weight is 144 g/mol. The number of hydrogen-bond donors (Lipinski definition) is 2. The van der Waals surface area contributed by atoms with Crippen LogP contribution in [-0.2, 0) is 4.79 Å². The maximum Gasteiger partial charge on any atom is 0.207 e. The van der Waals surface area contributed by atoms with Crippen LogP contribution in [0.1, 0.15) is 19.8 Å². The third kappa shape index (κ3) is 3.45. The predicted molar refractivity (Wildman–Crippen MR) is 39.3 cm³/mol. The van der Waals surface area contributed by atoms with Crippen molar-refractivity contribution in [1.29, 1.82) is 0 Å². The first-order valence-electron chi connectivity index (χ1n) is 3.43. The van der Waals surface area contributed by atoms with Crippen LogP contribution < -0.4 is 5.32 Å². The fraction of sp³-hybridized carbons (Fsp3) is 0.714. The van der Waals surface area contributed by atoms with Gasteiger partial charge in [-0.1, -0.05) is 13.3 Å². The summed E-state index contributed by atoms with van der Waals surface area (Å²) in [5, 5.41) is 11.4. The monoisotopic (exact) mass is 144 g/mol. The summed E-state index contributed by atoms with van der Waals surface area (Å²) >= 11 is 0. The lowest BCUT2D eigenvalue weighted by Gasteiger charge is -2.17. The minimum Gasteiger partial charge on any atom is -0.391 e. The van der Waals surface area contributed by atoms with Crippen LogP contribution in [0, 0.1) is 6.92 Å². The van der Waals surface area contributed by atoms with Gasteiger partial charge in [0.05, 0.1) is 12.1 Å². The molecule has 3 heteroatoms. The molecule has 0 aromatic heterocycles. The van der Waals surface area contributed by atoms with Gasteiger partial charge in [0.25, 0.3) is 0 Å². The lowest BCUT2D eigenvalue weighted by Crippen LogP contribution is -2.37. The summed E-state index contributed by atoms with van der Waals surface area (Å²) < 4.78 is 0. The Morgan fingerprint density at radius 3 is 2.70 bits per heavy atom. The minimum absolute atomic E-state index is 0.192. The Hall–Kier alpha value is -0.570. The molecule has 0 fully saturated rings. The Kier molecular flexibility index (Phi) is 4.94. The van der Waals surface area contributed by atoms with Crippen LogP contribution in [0.4, 0.5) is 0 Å². The lowest BCUT2D eigenvalue weighted by atomic mass is 10.1. The van der Waals surface area contributed by atoms with Gasteiger partial charge in [0.2, 0.25) is 6.41 Å². The number of carbonyl (C=O) groups excluding carboxylic acids is 1. The van der Waals surface area contributed by atoms with Gasteiger partial charge in [-0.05, 0) is 13.3 Å². The summed E-state index contributed by atoms with van der Waals surface area (Å²) in [6.45, 7) is 5.40. The van der Waals surface area contributed by atoms with Crippen molar-refractivity contribution in [2.45, 2.75) is 31.9 Å². The summed E-state index contributed by atoms with van der Waals surface area (Å²) in [5.41, 5.74) is 0. The summed E-state index contributed by atoms with van der Waals surface area (Å²) in [5.74, 6) is 0. The molecule has 0 spiro atoms. The molecular weight excluding hydrogens is 130 g/mol. The average Bonchev–Trinajstić information content (AvgIpc) is 1.87. The molecule has 0 aromatic carbocycles. The second-order valence-electron chi connectivity index (χ2n) is 2.25. The smallest absolute Gasteiger partial charge is 0.207 e. The number of aliphatic hydroxyl groups excluding tert-OH is 1. The maximum atomic E-state index is 9.94. The summed E-state index contributed by atoms with van der Waals surface area (Å²) in [6, 6.07) is -0.192. The molecule has 0 saturated heterocycles. The zero-order chi connectivity index (χ0) is 7.98. The van der Waals surface area contributed by atoms with Crippen molar-refractivity contribution in [3.63, 3.8) is 0 Å². The standard InChI is InChI=1S/C7H14NO2/c1-3-4-7(6(2)10)8-5-9/h5-7,10H,2-4H2,1H3,(H,8,9). The van der Waals surface area contributed by atoms with Crippen molar-refractivity contribution in [2.75, 3.05) is 0 Å². The Morgan fingerprint density at radius 1 is 1.80 bits per heavy atom. The van der Waals surface area contributed by atoms with Gasteiger partial charge in [-0.25, -0.2) is 0 Å². The van der Waals surface area contributed by atoms with Gasteiger partial charge in [0.1, 0.15) is 0 Å². The van der Waals surface area contributed by atoms with E-state index in [1.807, 2.05) is 6.92 Å². The maximum absolute atomic E-state index is 9.94. The molecule has 3 nitrogen and oxygen atoms in total. The highest BCUT2D eigenvalue weighted by atomic mass is 16.3. The summed E-state index contributed by atoms with van der Waals surface area (Å²) in [4.78, 5) is 9.94. The van der Waals surface area contributed by atoms with Gasteiger partial charge in [0, 0.05) is 0 Å². The van der Waals surface area contributed by atoms with E-state index in [1.165, 1.54) is 0 Å². The van der Waals surface area contributed by atoms with Gasteiger partial charge >= 0.3 is 0 Å². The molecule has 0 aliphatic heterocycles. The fourth-order valence-electron chi connectivity index (χ4n) is 0.785. The van der Waals surface area contributed by atoms with Crippen LogP contribution in [0.15, 0.2) is 0 Å². The molecule has 59 valence electrons. The third-order valence-electron chi connectivity index (χ3n) is 1.35. The Bertz CT molecular complexity index is 93.6. The van der Waals surface area contributed by atoms with Crippen LogP contribution in [0.5, 0.6) is 0 Å². The molecule has 2 atom stereocenters. The molecule has 0 saturated carbocycles. The first kappa shape index (κ1) is 9.43. The normalized spacial score (nSPS) is 15.9. The number of aliphatic hydroxyl groups is 1. The van der Waals surface area contributed by atoms with Crippen molar-refractivity contribution in [3.8, 4) is 0 Å². The molecule has 1 radical (unpaired) electrons. The zero-order valence-corrected chi connectivity index (χ0v) is 6.21. The molecular formula is C7H14NO2. The molecule has 0 aliphatic carbocycles. The van der Waals surface area contributed by atoms with Crippen molar-refractivity contribution >= 4 is 6.41 Å². The van der Waals surface area contributed by atoms with E-state index in [9.17, 15) is 4.79 Å². The van der Waals surface area contributed by atoms with E-state index in [0.717, 1.165) is 12.8 Å². The van der Waals surface area contributed by atoms with E-state index in [-0.39, 0.29) is 6.04 Å². The van der Waals surface area contributed by atoms with Crippen molar-refractivity contribution in [2.24, 2.45) is 0 Å². The van der Waals surface area contributed by atoms with Gasteiger partial charge in [0.15, 0.2) is 0 Å². The van der Waals surface area contributed by atoms with E-state index < -0.39 is 6.10 Å². The topological polar surface area (TPSA) is 49.3 Å². The highest BCUT2D eigenvalue weighted by Gasteiger charge is 2.11. The molecule has 0 heterocycles. The van der Waals surface area contributed by atoms with E-state index >= 15 is 0 Å². The lowest BCUT2D eigenvalue weighted by molar-refractivity contribution is -0.110. The number of hydrogen-bond acceptors (Lipinski definition) is 2. The van der Waals surface area contributed by atoms with E-state index in [4.69, 9.17) is 5.11 Å². The van der Waals surface area contributed by atoms with Gasteiger partial charge in [-0.3, -0.25) is 4.79 Å². The van der Waals surface area contributed by atoms with Crippen LogP contribution in [0.3, 0.4) is 0 Å². The summed E-state index contributed by atoms with van der Waals surface area (Å²) in [7, 11) is 0. The number of nitrogens with one attached hydrogen (secondary N) is 1. The molecule has 1 amide bonds. The van der Waals surface area contributed by atoms with Crippen LogP contribution in [0.25, 0.3) is 0 Å². The zero-order valence-electron chi connectivity index (χ0n) is 6.21. The predicted octanol–water partition coefficient (Wildman–Crippen LogP) is 0.0961. The molecule has 2 unspecified atom stereocenters. The molecule has 0 rings (SSSR count). The van der Waals surface area contributed by atoms with Crippen molar-refractivity contribution in [1.82, 2.24) is 5.32 Å². The first-order valence-corrected chi connectivity index (χ1v) is 3.43.